The summed E-state index contributed by atoms with van der Waals surface area (Å²) in [5.74, 6) is 0. The molecule has 37 valence electrons. The number of H-pyrrole nitrogens is 2. The van der Waals surface area contributed by atoms with Crippen LogP contribution in [0.2, 0.25) is 0 Å². The van der Waals surface area contributed by atoms with Crippen molar-refractivity contribution in [1.29, 1.82) is 0 Å². The molecule has 1 aromatic heterocycles. The van der Waals surface area contributed by atoms with E-state index in [0.29, 0.717) is 4.60 Å². The van der Waals surface area contributed by atoms with Crippen molar-refractivity contribution in [2.24, 2.45) is 0 Å². The van der Waals surface area contributed by atoms with Gasteiger partial charge in [0.1, 0.15) is 10.8 Å². The van der Waals surface area contributed by atoms with E-state index in [0.717, 1.165) is 0 Å². The molecule has 7 heavy (non-hydrogen) atoms. The average molecular weight is 162 g/mol. The van der Waals surface area contributed by atoms with Crippen molar-refractivity contribution < 1.29 is 0 Å². The molecular formula is C3H2BrN2O. The van der Waals surface area contributed by atoms with E-state index in [1.165, 1.54) is 0 Å². The van der Waals surface area contributed by atoms with Crippen molar-refractivity contribution in [2.45, 2.75) is 0 Å². The van der Waals surface area contributed by atoms with E-state index in [1.54, 1.807) is 0 Å². The normalized spacial score (nSPS) is 9.29. The second kappa shape index (κ2) is 1.54. The fourth-order valence-corrected chi connectivity index (χ4v) is 0.553. The van der Waals surface area contributed by atoms with E-state index in [9.17, 15) is 4.79 Å². The maximum Gasteiger partial charge on any atom is 0.324 e. The fourth-order valence-electron chi connectivity index (χ4n) is 0.274. The van der Waals surface area contributed by atoms with E-state index >= 15 is 0 Å². The van der Waals surface area contributed by atoms with Crippen molar-refractivity contribution in [3.05, 3.63) is 21.3 Å². The summed E-state index contributed by atoms with van der Waals surface area (Å²) in [4.78, 5) is 14.8. The Kier molecular flexibility index (Phi) is 1.02. The van der Waals surface area contributed by atoms with Gasteiger partial charge in [-0.2, -0.15) is 0 Å². The molecule has 3 nitrogen and oxygen atoms in total. The van der Waals surface area contributed by atoms with Gasteiger partial charge in [0.2, 0.25) is 0 Å². The summed E-state index contributed by atoms with van der Waals surface area (Å²) in [5, 5.41) is 0. The van der Waals surface area contributed by atoms with Crippen LogP contribution >= 0.6 is 15.9 Å². The van der Waals surface area contributed by atoms with Crippen LogP contribution in [-0.4, -0.2) is 9.97 Å². The number of aromatic nitrogens is 2. The number of aromatic amines is 2. The van der Waals surface area contributed by atoms with E-state index in [-0.39, 0.29) is 5.69 Å². The van der Waals surface area contributed by atoms with Gasteiger partial charge < -0.3 is 4.98 Å². The van der Waals surface area contributed by atoms with Crippen LogP contribution in [0.1, 0.15) is 0 Å². The van der Waals surface area contributed by atoms with Gasteiger partial charge in [-0.1, -0.05) is 0 Å². The Morgan fingerprint density at radius 3 is 2.57 bits per heavy atom. The van der Waals surface area contributed by atoms with Gasteiger partial charge in [-0.25, -0.2) is 4.79 Å². The first kappa shape index (κ1) is 4.64. The molecule has 0 unspecified atom stereocenters. The first-order chi connectivity index (χ1) is 3.29. The van der Waals surface area contributed by atoms with Crippen LogP contribution in [0.3, 0.4) is 0 Å². The second-order valence-corrected chi connectivity index (χ2v) is 1.81. The third-order valence-electron chi connectivity index (χ3n) is 0.509. The highest BCUT2D eigenvalue weighted by Crippen LogP contribution is 1.94. The minimum absolute atomic E-state index is 0.244. The Hall–Kier alpha value is -0.510. The van der Waals surface area contributed by atoms with Crippen molar-refractivity contribution in [3.8, 4) is 0 Å². The lowest BCUT2D eigenvalue weighted by atomic mass is 11.0. The van der Waals surface area contributed by atoms with Crippen molar-refractivity contribution >= 4 is 15.9 Å². The molecule has 1 radical (unpaired) electrons. The molecule has 0 atom stereocenters. The second-order valence-electron chi connectivity index (χ2n) is 1.02. The van der Waals surface area contributed by atoms with Gasteiger partial charge in [0, 0.05) is 0 Å². The van der Waals surface area contributed by atoms with Crippen LogP contribution < -0.4 is 5.69 Å². The molecule has 1 rings (SSSR count). The van der Waals surface area contributed by atoms with E-state index in [2.05, 4.69) is 32.1 Å². The first-order valence-electron chi connectivity index (χ1n) is 1.64. The summed E-state index contributed by atoms with van der Waals surface area (Å²) in [6.07, 6.45) is 2.49. The molecule has 1 aromatic rings. The Balaban J connectivity index is 3.30. The number of rotatable bonds is 0. The largest absolute Gasteiger partial charge is 0.324 e. The smallest absolute Gasteiger partial charge is 0.303 e. The maximum atomic E-state index is 10.1. The molecule has 2 N–H and O–H groups in total. The predicted octanol–water partition coefficient (Wildman–Crippen LogP) is 0.266. The molecule has 0 aliphatic carbocycles. The number of halogens is 1. The maximum absolute atomic E-state index is 10.1. The van der Waals surface area contributed by atoms with E-state index in [4.69, 9.17) is 0 Å². The summed E-state index contributed by atoms with van der Waals surface area (Å²) < 4.78 is 0.553. The first-order valence-corrected chi connectivity index (χ1v) is 2.44. The third kappa shape index (κ3) is 0.928. The van der Waals surface area contributed by atoms with Gasteiger partial charge in [0.25, 0.3) is 0 Å². The Morgan fingerprint density at radius 1 is 1.71 bits per heavy atom. The highest BCUT2D eigenvalue weighted by molar-refractivity contribution is 9.10. The summed E-state index contributed by atoms with van der Waals surface area (Å²) in [6.45, 7) is 0. The van der Waals surface area contributed by atoms with Gasteiger partial charge in [-0.15, -0.1) is 0 Å². The summed E-state index contributed by atoms with van der Waals surface area (Å²) in [5.41, 5.74) is -0.244. The number of imidazole rings is 1. The SMILES string of the molecule is O=c1[nH][c]c(Br)[nH]1. The van der Waals surface area contributed by atoms with Crippen LogP contribution in [0.4, 0.5) is 0 Å². The van der Waals surface area contributed by atoms with Gasteiger partial charge in [0.05, 0.1) is 0 Å². The van der Waals surface area contributed by atoms with Gasteiger partial charge in [-0.3, -0.25) is 4.98 Å². The highest BCUT2D eigenvalue weighted by atomic mass is 79.9. The lowest BCUT2D eigenvalue weighted by molar-refractivity contribution is 1.18. The Bertz CT molecular complexity index is 201. The van der Waals surface area contributed by atoms with Gasteiger partial charge in [-0.05, 0) is 15.9 Å². The minimum Gasteiger partial charge on any atom is -0.303 e. The van der Waals surface area contributed by atoms with Crippen LogP contribution in [0, 0.1) is 6.20 Å². The fraction of sp³-hybridized carbons (Fsp3) is 0. The standard InChI is InChI=1S/C3H2BrN2O/c4-2-1-5-3(7)6-2/h(H2,5,6,7). The molecule has 0 fully saturated rings. The van der Waals surface area contributed by atoms with Crippen LogP contribution in [0.5, 0.6) is 0 Å². The number of hydrogen-bond donors (Lipinski definition) is 2. The zero-order chi connectivity index (χ0) is 5.28. The molecule has 0 aliphatic rings. The zero-order valence-corrected chi connectivity index (χ0v) is 4.87. The van der Waals surface area contributed by atoms with Gasteiger partial charge in [0.15, 0.2) is 0 Å². The summed E-state index contributed by atoms with van der Waals surface area (Å²) in [7, 11) is 0. The van der Waals surface area contributed by atoms with Crippen LogP contribution in [-0.2, 0) is 0 Å². The zero-order valence-electron chi connectivity index (χ0n) is 3.29. The van der Waals surface area contributed by atoms with E-state index in [1.807, 2.05) is 0 Å². The monoisotopic (exact) mass is 161 g/mol. The van der Waals surface area contributed by atoms with Crippen molar-refractivity contribution in [3.63, 3.8) is 0 Å². The lowest BCUT2D eigenvalue weighted by Gasteiger charge is -1.63. The van der Waals surface area contributed by atoms with Crippen molar-refractivity contribution in [1.82, 2.24) is 9.97 Å². The summed E-state index contributed by atoms with van der Waals surface area (Å²) in [6, 6.07) is 0. The van der Waals surface area contributed by atoms with E-state index < -0.39 is 0 Å². The molecule has 1 heterocycles. The Labute approximate surface area is 47.9 Å². The number of nitrogens with one attached hydrogen (secondary N) is 2. The molecular weight excluding hydrogens is 160 g/mol. The predicted molar refractivity (Wildman–Crippen MR) is 27.9 cm³/mol. The molecule has 0 aliphatic heterocycles. The van der Waals surface area contributed by atoms with Crippen molar-refractivity contribution in [2.75, 3.05) is 0 Å². The van der Waals surface area contributed by atoms with Crippen LogP contribution in [0.25, 0.3) is 0 Å². The molecule has 0 saturated carbocycles. The lowest BCUT2D eigenvalue weighted by Crippen LogP contribution is -1.99. The van der Waals surface area contributed by atoms with Gasteiger partial charge >= 0.3 is 5.69 Å². The Morgan fingerprint density at radius 2 is 2.43 bits per heavy atom. The molecule has 0 amide bonds. The average Bonchev–Trinajstić information content (AvgIpc) is 1.87. The molecule has 0 saturated heterocycles. The minimum atomic E-state index is -0.244. The topological polar surface area (TPSA) is 48.6 Å². The van der Waals surface area contributed by atoms with Crippen LogP contribution in [0.15, 0.2) is 9.40 Å². The summed E-state index contributed by atoms with van der Waals surface area (Å²) >= 11 is 2.99. The quantitative estimate of drug-likeness (QED) is 0.564. The third-order valence-corrected chi connectivity index (χ3v) is 0.906. The number of hydrogen-bond acceptors (Lipinski definition) is 1. The molecule has 0 spiro atoms. The molecule has 0 aromatic carbocycles. The molecule has 4 heteroatoms. The highest BCUT2D eigenvalue weighted by Gasteiger charge is 1.84. The molecule has 0 bridgehead atoms.